The van der Waals surface area contributed by atoms with E-state index in [-0.39, 0.29) is 24.5 Å². The van der Waals surface area contributed by atoms with Crippen molar-refractivity contribution in [3.63, 3.8) is 0 Å². The van der Waals surface area contributed by atoms with Gasteiger partial charge in [-0.3, -0.25) is 9.69 Å². The van der Waals surface area contributed by atoms with Gasteiger partial charge in [0.2, 0.25) is 5.91 Å². The van der Waals surface area contributed by atoms with Crippen LogP contribution in [0.4, 0.5) is 0 Å². The molecule has 0 aliphatic carbocycles. The summed E-state index contributed by atoms with van der Waals surface area (Å²) in [7, 11) is 1.85. The normalized spacial score (nSPS) is 15.1. The SMILES string of the molecule is CC(N)C(c1cc(Br)cs1)N(C)CC(N)=O. The summed E-state index contributed by atoms with van der Waals surface area (Å²) in [5, 5.41) is 2.00. The number of rotatable bonds is 5. The van der Waals surface area contributed by atoms with E-state index in [1.165, 1.54) is 0 Å². The van der Waals surface area contributed by atoms with Crippen LogP contribution in [0.1, 0.15) is 17.8 Å². The van der Waals surface area contributed by atoms with E-state index in [0.717, 1.165) is 9.35 Å². The number of amides is 1. The van der Waals surface area contributed by atoms with Crippen LogP contribution in [-0.4, -0.2) is 30.4 Å². The highest BCUT2D eigenvalue weighted by Crippen LogP contribution is 2.30. The molecule has 16 heavy (non-hydrogen) atoms. The minimum Gasteiger partial charge on any atom is -0.369 e. The van der Waals surface area contributed by atoms with Gasteiger partial charge in [0.1, 0.15) is 0 Å². The summed E-state index contributed by atoms with van der Waals surface area (Å²) in [5.41, 5.74) is 11.1. The molecular weight excluding hydrogens is 290 g/mol. The largest absolute Gasteiger partial charge is 0.369 e. The first kappa shape index (κ1) is 13.6. The van der Waals surface area contributed by atoms with E-state index in [1.54, 1.807) is 11.3 Å². The lowest BCUT2D eigenvalue weighted by Gasteiger charge is -2.29. The van der Waals surface area contributed by atoms with Crippen LogP contribution in [0, 0.1) is 0 Å². The number of nitrogens with two attached hydrogens (primary N) is 2. The predicted octanol–water partition coefficient (Wildman–Crippen LogP) is 1.32. The van der Waals surface area contributed by atoms with Gasteiger partial charge in [0.15, 0.2) is 0 Å². The van der Waals surface area contributed by atoms with Crippen LogP contribution < -0.4 is 11.5 Å². The van der Waals surface area contributed by atoms with Crippen LogP contribution in [0.2, 0.25) is 0 Å². The summed E-state index contributed by atoms with van der Waals surface area (Å²) < 4.78 is 1.03. The molecule has 0 spiro atoms. The van der Waals surface area contributed by atoms with Crippen LogP contribution in [-0.2, 0) is 4.79 Å². The lowest BCUT2D eigenvalue weighted by molar-refractivity contribution is -0.119. The summed E-state index contributed by atoms with van der Waals surface area (Å²) in [6.07, 6.45) is 0. The molecule has 4 N–H and O–H groups in total. The van der Waals surface area contributed by atoms with Crippen molar-refractivity contribution in [2.75, 3.05) is 13.6 Å². The highest BCUT2D eigenvalue weighted by molar-refractivity contribution is 9.10. The van der Waals surface area contributed by atoms with Crippen LogP contribution in [0.15, 0.2) is 15.9 Å². The van der Waals surface area contributed by atoms with E-state index in [2.05, 4.69) is 15.9 Å². The van der Waals surface area contributed by atoms with Gasteiger partial charge in [0.05, 0.1) is 12.6 Å². The predicted molar refractivity (Wildman–Crippen MR) is 70.2 cm³/mol. The number of likely N-dealkylation sites (N-methyl/N-ethyl adjacent to an activating group) is 1. The Morgan fingerprint density at radius 1 is 1.69 bits per heavy atom. The van der Waals surface area contributed by atoms with Crippen molar-refractivity contribution in [1.29, 1.82) is 0 Å². The molecule has 1 amide bonds. The van der Waals surface area contributed by atoms with Crippen LogP contribution in [0.5, 0.6) is 0 Å². The quantitative estimate of drug-likeness (QED) is 0.861. The molecule has 1 heterocycles. The zero-order valence-corrected chi connectivity index (χ0v) is 11.7. The van der Waals surface area contributed by atoms with E-state index < -0.39 is 0 Å². The third kappa shape index (κ3) is 3.55. The molecule has 6 heteroatoms. The average Bonchev–Trinajstić information content (AvgIpc) is 2.49. The summed E-state index contributed by atoms with van der Waals surface area (Å²) in [6.45, 7) is 2.14. The number of hydrogen-bond acceptors (Lipinski definition) is 4. The van der Waals surface area contributed by atoms with Crippen LogP contribution in [0.3, 0.4) is 0 Å². The van der Waals surface area contributed by atoms with Crippen molar-refractivity contribution in [3.05, 3.63) is 20.8 Å². The molecule has 0 aliphatic heterocycles. The number of thiophene rings is 1. The summed E-state index contributed by atoms with van der Waals surface area (Å²) in [5.74, 6) is -0.344. The molecule has 90 valence electrons. The first-order valence-corrected chi connectivity index (χ1v) is 6.57. The maximum atomic E-state index is 10.9. The first-order chi connectivity index (χ1) is 7.41. The standard InChI is InChI=1S/C10H16BrN3OS/c1-6(12)10(14(2)4-9(13)15)8-3-7(11)5-16-8/h3,5-6,10H,4,12H2,1-2H3,(H2,13,15). The van der Waals surface area contributed by atoms with E-state index in [4.69, 9.17) is 11.5 Å². The van der Waals surface area contributed by atoms with E-state index in [9.17, 15) is 4.79 Å². The van der Waals surface area contributed by atoms with Crippen LogP contribution in [0.25, 0.3) is 0 Å². The van der Waals surface area contributed by atoms with Gasteiger partial charge in [0.25, 0.3) is 0 Å². The molecule has 0 bridgehead atoms. The fourth-order valence-corrected chi connectivity index (χ4v) is 3.43. The Balaban J connectivity index is 2.86. The fourth-order valence-electron chi connectivity index (χ4n) is 1.71. The van der Waals surface area contributed by atoms with E-state index >= 15 is 0 Å². The van der Waals surface area contributed by atoms with Crippen molar-refractivity contribution >= 4 is 33.2 Å². The zero-order valence-electron chi connectivity index (χ0n) is 9.31. The summed E-state index contributed by atoms with van der Waals surface area (Å²) >= 11 is 5.03. The second-order valence-electron chi connectivity index (χ2n) is 3.85. The average molecular weight is 306 g/mol. The Morgan fingerprint density at radius 2 is 2.31 bits per heavy atom. The summed E-state index contributed by atoms with van der Waals surface area (Å²) in [6, 6.07) is 1.98. The first-order valence-electron chi connectivity index (χ1n) is 4.90. The molecule has 0 aromatic carbocycles. The maximum Gasteiger partial charge on any atom is 0.231 e. The number of carbonyl (C=O) groups is 1. The van der Waals surface area contributed by atoms with Gasteiger partial charge in [-0.2, -0.15) is 0 Å². The molecule has 0 aliphatic rings. The second-order valence-corrected chi connectivity index (χ2v) is 5.71. The molecule has 2 atom stereocenters. The third-order valence-corrected chi connectivity index (χ3v) is 4.02. The summed E-state index contributed by atoms with van der Waals surface area (Å²) in [4.78, 5) is 13.9. The minimum absolute atomic E-state index is 0.0174. The number of nitrogens with zero attached hydrogens (tertiary/aromatic N) is 1. The molecule has 1 aromatic rings. The van der Waals surface area contributed by atoms with Crippen molar-refractivity contribution in [2.45, 2.75) is 19.0 Å². The fraction of sp³-hybridized carbons (Fsp3) is 0.500. The van der Waals surface area contributed by atoms with E-state index in [1.807, 2.05) is 30.3 Å². The van der Waals surface area contributed by atoms with Crippen LogP contribution >= 0.6 is 27.3 Å². The molecular formula is C10H16BrN3OS. The lowest BCUT2D eigenvalue weighted by Crippen LogP contribution is -2.41. The Hall–Kier alpha value is -0.430. The van der Waals surface area contributed by atoms with Gasteiger partial charge < -0.3 is 11.5 Å². The highest BCUT2D eigenvalue weighted by atomic mass is 79.9. The van der Waals surface area contributed by atoms with Crippen molar-refractivity contribution < 1.29 is 4.79 Å². The Bertz CT molecular complexity index is 367. The number of carbonyl (C=O) groups excluding carboxylic acids is 1. The molecule has 0 fully saturated rings. The Labute approximate surface area is 108 Å². The number of hydrogen-bond donors (Lipinski definition) is 2. The number of primary amides is 1. The monoisotopic (exact) mass is 305 g/mol. The second kappa shape index (κ2) is 5.77. The molecule has 0 saturated heterocycles. The molecule has 1 rings (SSSR count). The molecule has 2 unspecified atom stereocenters. The number of halogens is 1. The molecule has 4 nitrogen and oxygen atoms in total. The Kier molecular flexibility index (Phi) is 4.91. The van der Waals surface area contributed by atoms with Gasteiger partial charge in [-0.1, -0.05) is 0 Å². The molecule has 1 aromatic heterocycles. The van der Waals surface area contributed by atoms with Gasteiger partial charge in [-0.05, 0) is 36.0 Å². The highest BCUT2D eigenvalue weighted by Gasteiger charge is 2.23. The van der Waals surface area contributed by atoms with Gasteiger partial charge in [0, 0.05) is 20.8 Å². The van der Waals surface area contributed by atoms with E-state index in [0.29, 0.717) is 0 Å². The van der Waals surface area contributed by atoms with Gasteiger partial charge >= 0.3 is 0 Å². The van der Waals surface area contributed by atoms with Crippen molar-refractivity contribution in [1.82, 2.24) is 4.90 Å². The van der Waals surface area contributed by atoms with Crippen molar-refractivity contribution in [2.24, 2.45) is 11.5 Å². The molecule has 0 radical (unpaired) electrons. The van der Waals surface area contributed by atoms with Gasteiger partial charge in [-0.25, -0.2) is 0 Å². The van der Waals surface area contributed by atoms with Crippen molar-refractivity contribution in [3.8, 4) is 0 Å². The maximum absolute atomic E-state index is 10.9. The zero-order chi connectivity index (χ0) is 12.3. The Morgan fingerprint density at radius 3 is 2.69 bits per heavy atom. The third-order valence-electron chi connectivity index (χ3n) is 2.26. The molecule has 0 saturated carbocycles. The lowest BCUT2D eigenvalue weighted by atomic mass is 10.1. The van der Waals surface area contributed by atoms with Gasteiger partial charge in [-0.15, -0.1) is 11.3 Å². The topological polar surface area (TPSA) is 72.3 Å². The smallest absolute Gasteiger partial charge is 0.231 e. The minimum atomic E-state index is -0.344.